The van der Waals surface area contributed by atoms with Gasteiger partial charge in [-0.15, -0.1) is 0 Å². The number of carbonyl (C=O) groups is 1. The zero-order valence-electron chi connectivity index (χ0n) is 14.2. The molecule has 1 amide bonds. The van der Waals surface area contributed by atoms with Gasteiger partial charge in [0.05, 0.1) is 17.1 Å². The third-order valence-electron chi connectivity index (χ3n) is 4.05. The summed E-state index contributed by atoms with van der Waals surface area (Å²) in [6.45, 7) is 0.478. The topological polar surface area (TPSA) is 83.8 Å². The number of rotatable bonds is 7. The van der Waals surface area contributed by atoms with Crippen LogP contribution in [-0.4, -0.2) is 33.9 Å². The molecule has 0 saturated carbocycles. The molecule has 0 spiro atoms. The van der Waals surface area contributed by atoms with Crippen LogP contribution < -0.4 is 11.1 Å². The molecule has 0 aliphatic rings. The predicted molar refractivity (Wildman–Crippen MR) is 104 cm³/mol. The number of nitrogens with two attached hydrogens (primary N) is 1. The van der Waals surface area contributed by atoms with Crippen LogP contribution in [0.3, 0.4) is 0 Å². The van der Waals surface area contributed by atoms with Crippen LogP contribution in [0.25, 0.3) is 22.4 Å². The minimum Gasteiger partial charge on any atom is -0.351 e. The smallest absolute Gasteiger partial charge is 0.237 e. The number of thioether (sulfide) groups is 1. The third-order valence-corrected chi connectivity index (χ3v) is 4.70. The molecule has 0 saturated heterocycles. The van der Waals surface area contributed by atoms with Gasteiger partial charge in [-0.25, -0.2) is 4.98 Å². The van der Waals surface area contributed by atoms with Gasteiger partial charge in [-0.1, -0.05) is 36.4 Å². The van der Waals surface area contributed by atoms with Crippen LogP contribution in [-0.2, 0) is 11.3 Å². The molecule has 130 valence electrons. The summed E-state index contributed by atoms with van der Waals surface area (Å²) in [5, 5.41) is 2.89. The molecule has 0 aliphatic heterocycles. The van der Waals surface area contributed by atoms with E-state index >= 15 is 0 Å². The fourth-order valence-electron chi connectivity index (χ4n) is 2.57. The van der Waals surface area contributed by atoms with Gasteiger partial charge in [-0.2, -0.15) is 11.8 Å². The number of aromatic nitrogens is 2. The quantitative estimate of drug-likeness (QED) is 0.609. The zero-order valence-corrected chi connectivity index (χ0v) is 15.0. The lowest BCUT2D eigenvalue weighted by molar-refractivity contribution is -0.122. The molecule has 0 fully saturated rings. The molecule has 25 heavy (non-hydrogen) atoms. The lowest BCUT2D eigenvalue weighted by Gasteiger charge is -2.11. The SMILES string of the molecule is CSCC[C@H](N)C(=O)NCc1ccc(-c2nc3ccccc3[nH]2)cc1. The van der Waals surface area contributed by atoms with E-state index in [9.17, 15) is 4.79 Å². The Hall–Kier alpha value is -2.31. The van der Waals surface area contributed by atoms with E-state index in [0.717, 1.165) is 33.7 Å². The van der Waals surface area contributed by atoms with Crippen molar-refractivity contribution in [3.8, 4) is 11.4 Å². The standard InChI is InChI=1S/C19H22N4OS/c1-25-11-10-15(20)19(24)21-12-13-6-8-14(9-7-13)18-22-16-4-2-3-5-17(16)23-18/h2-9,15H,10-12,20H2,1H3,(H,21,24)(H,22,23)/t15-/m0/s1. The summed E-state index contributed by atoms with van der Waals surface area (Å²) in [6.07, 6.45) is 2.70. The summed E-state index contributed by atoms with van der Waals surface area (Å²) < 4.78 is 0. The van der Waals surface area contributed by atoms with Gasteiger partial charge in [-0.05, 0) is 36.1 Å². The van der Waals surface area contributed by atoms with Crippen molar-refractivity contribution in [3.05, 3.63) is 54.1 Å². The van der Waals surface area contributed by atoms with Gasteiger partial charge in [0, 0.05) is 12.1 Å². The fourth-order valence-corrected chi connectivity index (χ4v) is 3.06. The maximum atomic E-state index is 11.9. The van der Waals surface area contributed by atoms with Crippen molar-refractivity contribution in [3.63, 3.8) is 0 Å². The van der Waals surface area contributed by atoms with Crippen LogP contribution in [0.5, 0.6) is 0 Å². The summed E-state index contributed by atoms with van der Waals surface area (Å²) in [6, 6.07) is 15.5. The highest BCUT2D eigenvalue weighted by atomic mass is 32.2. The molecule has 6 heteroatoms. The first-order valence-corrected chi connectivity index (χ1v) is 9.63. The zero-order chi connectivity index (χ0) is 17.6. The molecule has 0 radical (unpaired) electrons. The van der Waals surface area contributed by atoms with Gasteiger partial charge < -0.3 is 16.0 Å². The van der Waals surface area contributed by atoms with Gasteiger partial charge in [0.25, 0.3) is 0 Å². The first kappa shape index (κ1) is 17.5. The van der Waals surface area contributed by atoms with Crippen LogP contribution in [0.1, 0.15) is 12.0 Å². The average Bonchev–Trinajstić information content (AvgIpc) is 3.08. The summed E-state index contributed by atoms with van der Waals surface area (Å²) in [5.41, 5.74) is 9.89. The highest BCUT2D eigenvalue weighted by Gasteiger charge is 2.12. The van der Waals surface area contributed by atoms with Crippen LogP contribution in [0, 0.1) is 0 Å². The predicted octanol–water partition coefficient (Wildman–Crippen LogP) is 2.93. The molecule has 1 atom stereocenters. The van der Waals surface area contributed by atoms with Crippen molar-refractivity contribution >= 4 is 28.7 Å². The van der Waals surface area contributed by atoms with Gasteiger partial charge in [0.15, 0.2) is 0 Å². The number of amides is 1. The second kappa shape index (κ2) is 8.18. The average molecular weight is 354 g/mol. The maximum absolute atomic E-state index is 11.9. The molecule has 5 nitrogen and oxygen atoms in total. The largest absolute Gasteiger partial charge is 0.351 e. The van der Waals surface area contributed by atoms with E-state index in [1.807, 2.05) is 54.8 Å². The molecule has 0 bridgehead atoms. The second-order valence-corrected chi connectivity index (χ2v) is 6.89. The minimum atomic E-state index is -0.442. The molecule has 4 N–H and O–H groups in total. The normalized spacial score (nSPS) is 12.2. The number of fused-ring (bicyclic) bond motifs is 1. The Labute approximate surface area is 151 Å². The number of nitrogens with zero attached hydrogens (tertiary/aromatic N) is 1. The number of para-hydroxylation sites is 2. The summed E-state index contributed by atoms with van der Waals surface area (Å²) >= 11 is 1.69. The van der Waals surface area contributed by atoms with E-state index in [4.69, 9.17) is 5.73 Å². The first-order valence-electron chi connectivity index (χ1n) is 8.23. The summed E-state index contributed by atoms with van der Waals surface area (Å²) in [4.78, 5) is 19.9. The highest BCUT2D eigenvalue weighted by molar-refractivity contribution is 7.98. The monoisotopic (exact) mass is 354 g/mol. The number of hydrogen-bond acceptors (Lipinski definition) is 4. The molecular weight excluding hydrogens is 332 g/mol. The van der Waals surface area contributed by atoms with E-state index in [1.165, 1.54) is 0 Å². The summed E-state index contributed by atoms with van der Waals surface area (Å²) in [5.74, 6) is 1.63. The minimum absolute atomic E-state index is 0.101. The fraction of sp³-hybridized carbons (Fsp3) is 0.263. The number of H-pyrrole nitrogens is 1. The molecule has 3 aromatic rings. The Morgan fingerprint density at radius 1 is 1.24 bits per heavy atom. The molecule has 2 aromatic carbocycles. The van der Waals surface area contributed by atoms with E-state index in [2.05, 4.69) is 15.3 Å². The van der Waals surface area contributed by atoms with Gasteiger partial charge in [0.2, 0.25) is 5.91 Å². The molecule has 1 aromatic heterocycles. The molecule has 0 aliphatic carbocycles. The van der Waals surface area contributed by atoms with Crippen molar-refractivity contribution in [1.29, 1.82) is 0 Å². The number of nitrogens with one attached hydrogen (secondary N) is 2. The molecule has 0 unspecified atom stereocenters. The first-order chi connectivity index (χ1) is 12.2. The van der Waals surface area contributed by atoms with Crippen molar-refractivity contribution in [2.75, 3.05) is 12.0 Å². The number of aromatic amines is 1. The molecular formula is C19H22N4OS. The third kappa shape index (κ3) is 4.41. The van der Waals surface area contributed by atoms with Crippen molar-refractivity contribution in [2.24, 2.45) is 5.73 Å². The van der Waals surface area contributed by atoms with Crippen LogP contribution in [0.4, 0.5) is 0 Å². The van der Waals surface area contributed by atoms with Crippen LogP contribution in [0.2, 0.25) is 0 Å². The van der Waals surface area contributed by atoms with Gasteiger partial charge in [-0.3, -0.25) is 4.79 Å². The van der Waals surface area contributed by atoms with Crippen LogP contribution in [0.15, 0.2) is 48.5 Å². The van der Waals surface area contributed by atoms with Crippen LogP contribution >= 0.6 is 11.8 Å². The number of imidazole rings is 1. The molecule has 3 rings (SSSR count). The van der Waals surface area contributed by atoms with Gasteiger partial charge in [0.1, 0.15) is 5.82 Å². The number of benzene rings is 2. The molecule has 1 heterocycles. The van der Waals surface area contributed by atoms with E-state index < -0.39 is 6.04 Å². The maximum Gasteiger partial charge on any atom is 0.237 e. The van der Waals surface area contributed by atoms with Gasteiger partial charge >= 0.3 is 0 Å². The summed E-state index contributed by atoms with van der Waals surface area (Å²) in [7, 11) is 0. The highest BCUT2D eigenvalue weighted by Crippen LogP contribution is 2.20. The number of hydrogen-bond donors (Lipinski definition) is 3. The Bertz CT molecular complexity index is 811. The Balaban J connectivity index is 1.61. The lowest BCUT2D eigenvalue weighted by Crippen LogP contribution is -2.40. The Morgan fingerprint density at radius 3 is 2.72 bits per heavy atom. The Morgan fingerprint density at radius 2 is 2.00 bits per heavy atom. The van der Waals surface area contributed by atoms with E-state index in [-0.39, 0.29) is 5.91 Å². The second-order valence-electron chi connectivity index (χ2n) is 5.91. The number of carbonyl (C=O) groups excluding carboxylic acids is 1. The van der Waals surface area contributed by atoms with Crippen molar-refractivity contribution in [2.45, 2.75) is 19.0 Å². The van der Waals surface area contributed by atoms with Crippen molar-refractivity contribution < 1.29 is 4.79 Å². The lowest BCUT2D eigenvalue weighted by atomic mass is 10.1. The van der Waals surface area contributed by atoms with Crippen molar-refractivity contribution in [1.82, 2.24) is 15.3 Å². The van der Waals surface area contributed by atoms with E-state index in [1.54, 1.807) is 11.8 Å². The van der Waals surface area contributed by atoms with E-state index in [0.29, 0.717) is 13.0 Å². The Kier molecular flexibility index (Phi) is 5.73.